The standard InChI is InChI=1S/C15H15N3O2/c1-11-10-14(18(2)17-11)16-15(20)13-7-5-12(6-8-13)4-3-9-19/h5-8,10,19H,9H2,1-2H3,(H,16,20). The van der Waals surface area contributed by atoms with Crippen LogP contribution in [0.5, 0.6) is 0 Å². The van der Waals surface area contributed by atoms with E-state index in [-0.39, 0.29) is 12.5 Å². The molecule has 2 rings (SSSR count). The Labute approximate surface area is 117 Å². The minimum absolute atomic E-state index is 0.178. The summed E-state index contributed by atoms with van der Waals surface area (Å²) in [5, 5.41) is 15.6. The maximum Gasteiger partial charge on any atom is 0.256 e. The van der Waals surface area contributed by atoms with Gasteiger partial charge in [-0.3, -0.25) is 9.48 Å². The smallest absolute Gasteiger partial charge is 0.256 e. The van der Waals surface area contributed by atoms with Crippen LogP contribution in [0.25, 0.3) is 0 Å². The highest BCUT2D eigenvalue weighted by Gasteiger charge is 2.09. The molecule has 2 aromatic rings. The first-order valence-electron chi connectivity index (χ1n) is 6.12. The molecule has 0 aliphatic heterocycles. The monoisotopic (exact) mass is 269 g/mol. The van der Waals surface area contributed by atoms with E-state index in [4.69, 9.17) is 5.11 Å². The first kappa shape index (κ1) is 13.8. The Kier molecular flexibility index (Phi) is 4.18. The molecule has 0 aliphatic rings. The van der Waals surface area contributed by atoms with E-state index >= 15 is 0 Å². The number of anilines is 1. The van der Waals surface area contributed by atoms with Gasteiger partial charge in [0.15, 0.2) is 0 Å². The Balaban J connectivity index is 2.11. The lowest BCUT2D eigenvalue weighted by atomic mass is 10.1. The minimum atomic E-state index is -0.199. The summed E-state index contributed by atoms with van der Waals surface area (Å²) in [5.41, 5.74) is 2.14. The molecule has 0 bridgehead atoms. The predicted molar refractivity (Wildman–Crippen MR) is 76.3 cm³/mol. The molecule has 2 N–H and O–H groups in total. The number of benzene rings is 1. The molecule has 0 spiro atoms. The van der Waals surface area contributed by atoms with E-state index in [0.717, 1.165) is 11.3 Å². The maximum atomic E-state index is 12.1. The van der Waals surface area contributed by atoms with E-state index < -0.39 is 0 Å². The van der Waals surface area contributed by atoms with Gasteiger partial charge in [0, 0.05) is 24.2 Å². The van der Waals surface area contributed by atoms with Crippen molar-refractivity contribution in [3.05, 3.63) is 47.2 Å². The van der Waals surface area contributed by atoms with Crippen LogP contribution in [-0.4, -0.2) is 27.4 Å². The largest absolute Gasteiger partial charge is 0.384 e. The number of aliphatic hydroxyl groups is 1. The van der Waals surface area contributed by atoms with E-state index in [2.05, 4.69) is 22.3 Å². The molecular formula is C15H15N3O2. The van der Waals surface area contributed by atoms with Crippen LogP contribution in [-0.2, 0) is 7.05 Å². The fourth-order valence-electron chi connectivity index (χ4n) is 1.76. The fraction of sp³-hybridized carbons (Fsp3) is 0.200. The number of hydrogen-bond acceptors (Lipinski definition) is 3. The molecular weight excluding hydrogens is 254 g/mol. The highest BCUT2D eigenvalue weighted by atomic mass is 16.2. The van der Waals surface area contributed by atoms with E-state index in [1.54, 1.807) is 42.1 Å². The lowest BCUT2D eigenvalue weighted by Gasteiger charge is -2.05. The maximum absolute atomic E-state index is 12.1. The molecule has 0 atom stereocenters. The molecule has 0 aliphatic carbocycles. The van der Waals surface area contributed by atoms with Crippen LogP contribution in [0.3, 0.4) is 0 Å². The van der Waals surface area contributed by atoms with Gasteiger partial charge in [0.2, 0.25) is 0 Å². The average molecular weight is 269 g/mol. The first-order chi connectivity index (χ1) is 9.60. The number of nitrogens with one attached hydrogen (secondary N) is 1. The zero-order valence-electron chi connectivity index (χ0n) is 11.3. The van der Waals surface area contributed by atoms with Gasteiger partial charge >= 0.3 is 0 Å². The Morgan fingerprint density at radius 1 is 1.40 bits per heavy atom. The topological polar surface area (TPSA) is 67.2 Å². The first-order valence-corrected chi connectivity index (χ1v) is 6.12. The van der Waals surface area contributed by atoms with Crippen molar-refractivity contribution < 1.29 is 9.90 Å². The van der Waals surface area contributed by atoms with E-state index in [9.17, 15) is 4.79 Å². The molecule has 0 saturated heterocycles. The van der Waals surface area contributed by atoms with Gasteiger partial charge in [0.25, 0.3) is 5.91 Å². The lowest BCUT2D eigenvalue weighted by Crippen LogP contribution is -2.14. The van der Waals surface area contributed by atoms with Gasteiger partial charge in [-0.15, -0.1) is 0 Å². The Hall–Kier alpha value is -2.58. The molecule has 0 fully saturated rings. The van der Waals surface area contributed by atoms with E-state index in [1.165, 1.54) is 0 Å². The molecule has 1 amide bonds. The molecule has 1 heterocycles. The van der Waals surface area contributed by atoms with Gasteiger partial charge in [0.1, 0.15) is 12.4 Å². The van der Waals surface area contributed by atoms with Crippen molar-refractivity contribution in [2.24, 2.45) is 7.05 Å². The molecule has 0 unspecified atom stereocenters. The third kappa shape index (κ3) is 3.25. The summed E-state index contributed by atoms with van der Waals surface area (Å²) in [7, 11) is 1.77. The fourth-order valence-corrected chi connectivity index (χ4v) is 1.76. The Morgan fingerprint density at radius 3 is 2.65 bits per heavy atom. The number of nitrogens with zero attached hydrogens (tertiary/aromatic N) is 2. The number of carbonyl (C=O) groups excluding carboxylic acids is 1. The summed E-state index contributed by atoms with van der Waals surface area (Å²) in [6, 6.07) is 8.68. The molecule has 1 aromatic carbocycles. The number of amides is 1. The van der Waals surface area contributed by atoms with E-state index in [0.29, 0.717) is 11.4 Å². The van der Waals surface area contributed by atoms with Crippen LogP contribution in [0.2, 0.25) is 0 Å². The number of aromatic nitrogens is 2. The summed E-state index contributed by atoms with van der Waals surface area (Å²) in [6.07, 6.45) is 0. The van der Waals surface area contributed by atoms with Crippen molar-refractivity contribution in [2.45, 2.75) is 6.92 Å². The average Bonchev–Trinajstić information content (AvgIpc) is 2.75. The minimum Gasteiger partial charge on any atom is -0.384 e. The van der Waals surface area contributed by atoms with E-state index in [1.807, 2.05) is 6.92 Å². The summed E-state index contributed by atoms with van der Waals surface area (Å²) in [6.45, 7) is 1.69. The van der Waals surface area contributed by atoms with Crippen LogP contribution >= 0.6 is 0 Å². The van der Waals surface area contributed by atoms with Gasteiger partial charge in [-0.25, -0.2) is 0 Å². The summed E-state index contributed by atoms with van der Waals surface area (Å²) in [5.74, 6) is 5.78. The molecule has 20 heavy (non-hydrogen) atoms. The van der Waals surface area contributed by atoms with Gasteiger partial charge in [-0.05, 0) is 31.2 Å². The Morgan fingerprint density at radius 2 is 2.10 bits per heavy atom. The van der Waals surface area contributed by atoms with Gasteiger partial charge in [-0.2, -0.15) is 5.10 Å². The second kappa shape index (κ2) is 6.04. The van der Waals surface area contributed by atoms with Crippen molar-refractivity contribution in [2.75, 3.05) is 11.9 Å². The van der Waals surface area contributed by atoms with Crippen LogP contribution in [0.1, 0.15) is 21.6 Å². The number of aliphatic hydroxyl groups excluding tert-OH is 1. The zero-order valence-corrected chi connectivity index (χ0v) is 11.3. The molecule has 0 radical (unpaired) electrons. The van der Waals surface area contributed by atoms with Crippen LogP contribution < -0.4 is 5.32 Å². The molecule has 5 heteroatoms. The number of carbonyl (C=O) groups is 1. The third-order valence-corrected chi connectivity index (χ3v) is 2.70. The van der Waals surface area contributed by atoms with Crippen molar-refractivity contribution in [1.29, 1.82) is 0 Å². The van der Waals surface area contributed by atoms with Gasteiger partial charge < -0.3 is 10.4 Å². The second-order valence-corrected chi connectivity index (χ2v) is 4.29. The van der Waals surface area contributed by atoms with Gasteiger partial charge in [0.05, 0.1) is 5.69 Å². The van der Waals surface area contributed by atoms with Crippen molar-refractivity contribution >= 4 is 11.7 Å². The lowest BCUT2D eigenvalue weighted by molar-refractivity contribution is 0.102. The highest BCUT2D eigenvalue weighted by molar-refractivity contribution is 6.03. The van der Waals surface area contributed by atoms with Crippen molar-refractivity contribution in [1.82, 2.24) is 9.78 Å². The predicted octanol–water partition coefficient (Wildman–Crippen LogP) is 1.32. The Bertz CT molecular complexity index is 675. The summed E-state index contributed by atoms with van der Waals surface area (Å²) >= 11 is 0. The summed E-state index contributed by atoms with van der Waals surface area (Å²) in [4.78, 5) is 12.1. The zero-order chi connectivity index (χ0) is 14.5. The van der Waals surface area contributed by atoms with Crippen LogP contribution in [0.15, 0.2) is 30.3 Å². The number of hydrogen-bond donors (Lipinski definition) is 2. The molecule has 1 aromatic heterocycles. The molecule has 0 saturated carbocycles. The highest BCUT2D eigenvalue weighted by Crippen LogP contribution is 2.11. The van der Waals surface area contributed by atoms with Crippen molar-refractivity contribution in [3.63, 3.8) is 0 Å². The number of aryl methyl sites for hydroxylation is 2. The summed E-state index contributed by atoms with van der Waals surface area (Å²) < 4.78 is 1.62. The van der Waals surface area contributed by atoms with Crippen molar-refractivity contribution in [3.8, 4) is 11.8 Å². The van der Waals surface area contributed by atoms with Crippen LogP contribution in [0, 0.1) is 18.8 Å². The number of rotatable bonds is 2. The normalized spacial score (nSPS) is 9.75. The second-order valence-electron chi connectivity index (χ2n) is 4.29. The molecule has 5 nitrogen and oxygen atoms in total. The van der Waals surface area contributed by atoms with Crippen LogP contribution in [0.4, 0.5) is 5.82 Å². The SMILES string of the molecule is Cc1cc(NC(=O)c2ccc(C#CCO)cc2)n(C)n1. The quantitative estimate of drug-likeness (QED) is 0.808. The van der Waals surface area contributed by atoms with Gasteiger partial charge in [-0.1, -0.05) is 11.8 Å². The molecule has 102 valence electrons. The third-order valence-electron chi connectivity index (χ3n) is 2.70.